The van der Waals surface area contributed by atoms with Crippen molar-refractivity contribution in [1.82, 2.24) is 0 Å². The minimum absolute atomic E-state index is 0.607. The van der Waals surface area contributed by atoms with Crippen LogP contribution in [0.15, 0.2) is 61.2 Å². The van der Waals surface area contributed by atoms with E-state index in [-0.39, 0.29) is 0 Å². The summed E-state index contributed by atoms with van der Waals surface area (Å²) < 4.78 is 0. The molecule has 0 radical (unpaired) electrons. The van der Waals surface area contributed by atoms with Crippen molar-refractivity contribution in [2.75, 3.05) is 0 Å². The maximum Gasteiger partial charge on any atom is 0.100 e. The van der Waals surface area contributed by atoms with E-state index < -0.39 is 0 Å². The van der Waals surface area contributed by atoms with Crippen molar-refractivity contribution in [3.05, 3.63) is 66.8 Å². The van der Waals surface area contributed by atoms with E-state index in [0.29, 0.717) is 5.57 Å². The molecule has 0 heterocycles. The van der Waals surface area contributed by atoms with E-state index in [1.165, 1.54) is 0 Å². The maximum absolute atomic E-state index is 9.01. The first-order valence-electron chi connectivity index (χ1n) is 4.28. The molecule has 1 rings (SSSR count). The van der Waals surface area contributed by atoms with Gasteiger partial charge in [0.2, 0.25) is 0 Å². The minimum Gasteiger partial charge on any atom is -0.192 e. The fraction of sp³-hybridized carbons (Fsp3) is 0. The average Bonchev–Trinajstić information content (AvgIpc) is 2.27. The lowest BCUT2D eigenvalue weighted by atomic mass is 10.0. The van der Waals surface area contributed by atoms with E-state index in [9.17, 15) is 0 Å². The first-order chi connectivity index (χ1) is 6.83. The van der Waals surface area contributed by atoms with Crippen molar-refractivity contribution in [2.45, 2.75) is 0 Å². The van der Waals surface area contributed by atoms with Gasteiger partial charge in [-0.3, -0.25) is 0 Å². The summed E-state index contributed by atoms with van der Waals surface area (Å²) in [6, 6.07) is 11.7. The van der Waals surface area contributed by atoms with Crippen LogP contribution in [0.25, 0.3) is 5.57 Å². The van der Waals surface area contributed by atoms with Crippen LogP contribution in [0.4, 0.5) is 0 Å². The number of hydrogen-bond acceptors (Lipinski definition) is 1. The van der Waals surface area contributed by atoms with E-state index in [0.717, 1.165) is 11.1 Å². The van der Waals surface area contributed by atoms with Crippen molar-refractivity contribution >= 4 is 5.57 Å². The Hall–Kier alpha value is -2.07. The molecule has 0 atom stereocenters. The predicted molar refractivity (Wildman–Crippen MR) is 59.4 cm³/mol. The second kappa shape index (κ2) is 4.84. The smallest absolute Gasteiger partial charge is 0.100 e. The summed E-state index contributed by atoms with van der Waals surface area (Å²) in [5.74, 6) is 0. The Kier molecular flexibility index (Phi) is 3.46. The number of benzene rings is 1. The van der Waals surface area contributed by atoms with Gasteiger partial charge in [0.1, 0.15) is 6.07 Å². The molecule has 1 aromatic rings. The second-order valence-electron chi connectivity index (χ2n) is 2.72. The van der Waals surface area contributed by atoms with Crippen LogP contribution in [-0.4, -0.2) is 0 Å². The van der Waals surface area contributed by atoms with Crippen molar-refractivity contribution < 1.29 is 0 Å². The molecule has 1 heteroatoms. The van der Waals surface area contributed by atoms with Gasteiger partial charge in [-0.05, 0) is 11.1 Å². The number of nitriles is 1. The lowest BCUT2D eigenvalue weighted by Gasteiger charge is -2.01. The third-order valence-corrected chi connectivity index (χ3v) is 1.90. The average molecular weight is 181 g/mol. The molecule has 0 aliphatic heterocycles. The lowest BCUT2D eigenvalue weighted by Crippen LogP contribution is -1.84. The van der Waals surface area contributed by atoms with Crippen LogP contribution in [0.2, 0.25) is 0 Å². The van der Waals surface area contributed by atoms with Gasteiger partial charge >= 0.3 is 0 Å². The van der Waals surface area contributed by atoms with Crippen LogP contribution < -0.4 is 0 Å². The molecule has 0 amide bonds. The van der Waals surface area contributed by atoms with Crippen LogP contribution >= 0.6 is 0 Å². The van der Waals surface area contributed by atoms with Gasteiger partial charge in [-0.1, -0.05) is 55.6 Å². The van der Waals surface area contributed by atoms with Gasteiger partial charge in [-0.15, -0.1) is 0 Å². The zero-order valence-electron chi connectivity index (χ0n) is 7.90. The molecular weight excluding hydrogens is 170 g/mol. The first-order valence-corrected chi connectivity index (χ1v) is 4.28. The summed E-state index contributed by atoms with van der Waals surface area (Å²) in [4.78, 5) is 0. The summed E-state index contributed by atoms with van der Waals surface area (Å²) in [5, 5.41) is 9.01. The number of hydrogen-bond donors (Lipinski definition) is 0. The molecular formula is C13H11N. The molecule has 0 aliphatic carbocycles. The van der Waals surface area contributed by atoms with Crippen LogP contribution in [0, 0.1) is 11.3 Å². The zero-order chi connectivity index (χ0) is 10.4. The van der Waals surface area contributed by atoms with Gasteiger partial charge in [0, 0.05) is 0 Å². The number of allylic oxidation sites excluding steroid dienone is 4. The molecule has 68 valence electrons. The third kappa shape index (κ3) is 1.99. The molecule has 0 saturated heterocycles. The summed E-state index contributed by atoms with van der Waals surface area (Å²) in [7, 11) is 0. The van der Waals surface area contributed by atoms with E-state index >= 15 is 0 Å². The Bertz CT molecular complexity index is 395. The molecule has 1 nitrogen and oxygen atoms in total. The minimum atomic E-state index is 0.607. The lowest BCUT2D eigenvalue weighted by molar-refractivity contribution is 1.51. The van der Waals surface area contributed by atoms with E-state index in [2.05, 4.69) is 19.2 Å². The molecule has 14 heavy (non-hydrogen) atoms. The molecule has 0 aliphatic rings. The highest BCUT2D eigenvalue weighted by molar-refractivity contribution is 5.82. The van der Waals surface area contributed by atoms with Crippen molar-refractivity contribution in [2.24, 2.45) is 0 Å². The topological polar surface area (TPSA) is 23.8 Å². The highest BCUT2D eigenvalue weighted by Crippen LogP contribution is 2.18. The summed E-state index contributed by atoms with van der Waals surface area (Å²) in [6.45, 7) is 7.29. The monoisotopic (exact) mass is 181 g/mol. The summed E-state index contributed by atoms with van der Waals surface area (Å²) in [5.41, 5.74) is 2.26. The van der Waals surface area contributed by atoms with Crippen LogP contribution in [0.5, 0.6) is 0 Å². The standard InChI is InChI=1S/C13H11N/c1-3-11(4-2)13(10-14)12-8-6-5-7-9-12/h3-9H,1-2H2. The Morgan fingerprint density at radius 3 is 2.14 bits per heavy atom. The van der Waals surface area contributed by atoms with Crippen molar-refractivity contribution in [3.63, 3.8) is 0 Å². The van der Waals surface area contributed by atoms with Crippen LogP contribution in [0.1, 0.15) is 5.56 Å². The molecule has 0 saturated carbocycles. The zero-order valence-corrected chi connectivity index (χ0v) is 7.90. The van der Waals surface area contributed by atoms with Gasteiger partial charge in [0.15, 0.2) is 0 Å². The van der Waals surface area contributed by atoms with Gasteiger partial charge in [0.05, 0.1) is 5.57 Å². The SMILES string of the molecule is C=CC(C=C)=C(C#N)c1ccccc1. The highest BCUT2D eigenvalue weighted by atomic mass is 14.3. The fourth-order valence-corrected chi connectivity index (χ4v) is 1.19. The number of rotatable bonds is 3. The van der Waals surface area contributed by atoms with Crippen LogP contribution in [-0.2, 0) is 0 Å². The van der Waals surface area contributed by atoms with Gasteiger partial charge in [-0.25, -0.2) is 0 Å². The van der Waals surface area contributed by atoms with Crippen LogP contribution in [0.3, 0.4) is 0 Å². The Balaban J connectivity index is 3.31. The summed E-state index contributed by atoms with van der Waals surface area (Å²) in [6.07, 6.45) is 3.27. The quantitative estimate of drug-likeness (QED) is 0.518. The normalized spacial score (nSPS) is 8.50. The van der Waals surface area contributed by atoms with Crippen molar-refractivity contribution in [1.29, 1.82) is 5.26 Å². The summed E-state index contributed by atoms with van der Waals surface area (Å²) >= 11 is 0. The Morgan fingerprint density at radius 2 is 1.71 bits per heavy atom. The number of nitrogens with zero attached hydrogens (tertiary/aromatic N) is 1. The van der Waals surface area contributed by atoms with E-state index in [4.69, 9.17) is 5.26 Å². The molecule has 1 aromatic carbocycles. The van der Waals surface area contributed by atoms with Gasteiger partial charge in [0.25, 0.3) is 0 Å². The maximum atomic E-state index is 9.01. The molecule has 0 N–H and O–H groups in total. The molecule has 0 fully saturated rings. The Morgan fingerprint density at radius 1 is 1.14 bits per heavy atom. The second-order valence-corrected chi connectivity index (χ2v) is 2.72. The molecule has 0 aromatic heterocycles. The molecule has 0 bridgehead atoms. The Labute approximate surface area is 84.3 Å². The largest absolute Gasteiger partial charge is 0.192 e. The highest BCUT2D eigenvalue weighted by Gasteiger charge is 2.02. The third-order valence-electron chi connectivity index (χ3n) is 1.90. The fourth-order valence-electron chi connectivity index (χ4n) is 1.19. The predicted octanol–water partition coefficient (Wildman–Crippen LogP) is 3.34. The van der Waals surface area contributed by atoms with Gasteiger partial charge in [-0.2, -0.15) is 5.26 Å². The van der Waals surface area contributed by atoms with Crippen molar-refractivity contribution in [3.8, 4) is 6.07 Å². The van der Waals surface area contributed by atoms with Gasteiger partial charge < -0.3 is 0 Å². The first kappa shape index (κ1) is 10.0. The van der Waals surface area contributed by atoms with E-state index in [1.807, 2.05) is 30.3 Å². The van der Waals surface area contributed by atoms with E-state index in [1.54, 1.807) is 12.2 Å². The molecule has 0 spiro atoms. The molecule has 0 unspecified atom stereocenters.